The standard InChI is InChI=1S/C19H27N3O2/c1-14(23)20-12-16-4-6-17(7-5-16)19(24)22-10-8-18(9-11-22)21-13-15-2-3-15/h4-7,15,18,21H,2-3,8-13H2,1H3,(H,20,23). The molecule has 0 radical (unpaired) electrons. The van der Waals surface area contributed by atoms with Crippen molar-refractivity contribution in [2.24, 2.45) is 5.92 Å². The molecule has 5 nitrogen and oxygen atoms in total. The molecular formula is C19H27N3O2. The highest BCUT2D eigenvalue weighted by atomic mass is 16.2. The van der Waals surface area contributed by atoms with E-state index in [1.54, 1.807) is 0 Å². The summed E-state index contributed by atoms with van der Waals surface area (Å²) < 4.78 is 0. The smallest absolute Gasteiger partial charge is 0.253 e. The van der Waals surface area contributed by atoms with E-state index in [0.29, 0.717) is 12.6 Å². The maximum Gasteiger partial charge on any atom is 0.253 e. The first-order valence-electron chi connectivity index (χ1n) is 8.98. The molecule has 0 atom stereocenters. The van der Waals surface area contributed by atoms with Gasteiger partial charge in [0.2, 0.25) is 5.91 Å². The number of carbonyl (C=O) groups is 2. The zero-order valence-corrected chi connectivity index (χ0v) is 14.4. The molecular weight excluding hydrogens is 302 g/mol. The Morgan fingerprint density at radius 2 is 1.75 bits per heavy atom. The molecule has 1 saturated carbocycles. The Morgan fingerprint density at radius 1 is 1.08 bits per heavy atom. The lowest BCUT2D eigenvalue weighted by molar-refractivity contribution is -0.119. The fraction of sp³-hybridized carbons (Fsp3) is 0.579. The van der Waals surface area contributed by atoms with Crippen LogP contribution in [-0.2, 0) is 11.3 Å². The SMILES string of the molecule is CC(=O)NCc1ccc(C(=O)N2CCC(NCC3CC3)CC2)cc1. The van der Waals surface area contributed by atoms with Crippen molar-refractivity contribution in [2.75, 3.05) is 19.6 Å². The van der Waals surface area contributed by atoms with E-state index in [2.05, 4.69) is 10.6 Å². The lowest BCUT2D eigenvalue weighted by Gasteiger charge is -2.32. The Bertz CT molecular complexity index is 573. The van der Waals surface area contributed by atoms with Crippen molar-refractivity contribution in [3.63, 3.8) is 0 Å². The number of nitrogens with one attached hydrogen (secondary N) is 2. The van der Waals surface area contributed by atoms with Gasteiger partial charge < -0.3 is 15.5 Å². The Hall–Kier alpha value is -1.88. The summed E-state index contributed by atoms with van der Waals surface area (Å²) in [5, 5.41) is 6.40. The largest absolute Gasteiger partial charge is 0.352 e. The highest BCUT2D eigenvalue weighted by Crippen LogP contribution is 2.28. The van der Waals surface area contributed by atoms with Crippen molar-refractivity contribution in [1.29, 1.82) is 0 Å². The second kappa shape index (κ2) is 7.79. The number of hydrogen-bond acceptors (Lipinski definition) is 3. The third-order valence-electron chi connectivity index (χ3n) is 4.92. The number of hydrogen-bond donors (Lipinski definition) is 2. The second-order valence-corrected chi connectivity index (χ2v) is 7.02. The predicted molar refractivity (Wildman–Crippen MR) is 93.6 cm³/mol. The van der Waals surface area contributed by atoms with Gasteiger partial charge in [-0.1, -0.05) is 12.1 Å². The molecule has 0 aromatic heterocycles. The van der Waals surface area contributed by atoms with Crippen LogP contribution in [0.3, 0.4) is 0 Å². The van der Waals surface area contributed by atoms with Crippen LogP contribution in [0.4, 0.5) is 0 Å². The summed E-state index contributed by atoms with van der Waals surface area (Å²) in [6.07, 6.45) is 4.84. The molecule has 24 heavy (non-hydrogen) atoms. The number of benzene rings is 1. The number of amides is 2. The highest BCUT2D eigenvalue weighted by Gasteiger charge is 2.26. The van der Waals surface area contributed by atoms with E-state index in [1.807, 2.05) is 29.2 Å². The molecule has 5 heteroatoms. The van der Waals surface area contributed by atoms with Crippen molar-refractivity contribution >= 4 is 11.8 Å². The Morgan fingerprint density at radius 3 is 2.33 bits per heavy atom. The predicted octanol–water partition coefficient (Wildman–Crippen LogP) is 1.93. The number of nitrogens with zero attached hydrogens (tertiary/aromatic N) is 1. The van der Waals surface area contributed by atoms with Gasteiger partial charge in [-0.2, -0.15) is 0 Å². The van der Waals surface area contributed by atoms with Gasteiger partial charge in [-0.05, 0) is 55.8 Å². The van der Waals surface area contributed by atoms with Crippen LogP contribution in [0, 0.1) is 5.92 Å². The monoisotopic (exact) mass is 329 g/mol. The first kappa shape index (κ1) is 17.0. The fourth-order valence-corrected chi connectivity index (χ4v) is 3.12. The first-order chi connectivity index (χ1) is 11.6. The Kier molecular flexibility index (Phi) is 5.51. The van der Waals surface area contributed by atoms with E-state index >= 15 is 0 Å². The van der Waals surface area contributed by atoms with E-state index in [0.717, 1.165) is 49.5 Å². The summed E-state index contributed by atoms with van der Waals surface area (Å²) in [5.41, 5.74) is 1.73. The van der Waals surface area contributed by atoms with Crippen molar-refractivity contribution in [2.45, 2.75) is 45.2 Å². The molecule has 1 aromatic carbocycles. The van der Waals surface area contributed by atoms with Crippen LogP contribution in [0.5, 0.6) is 0 Å². The van der Waals surface area contributed by atoms with Crippen molar-refractivity contribution in [1.82, 2.24) is 15.5 Å². The molecule has 0 spiro atoms. The number of likely N-dealkylation sites (tertiary alicyclic amines) is 1. The maximum absolute atomic E-state index is 12.6. The Balaban J connectivity index is 1.46. The highest BCUT2D eigenvalue weighted by molar-refractivity contribution is 5.94. The lowest BCUT2D eigenvalue weighted by Crippen LogP contribution is -2.45. The quantitative estimate of drug-likeness (QED) is 0.838. The van der Waals surface area contributed by atoms with E-state index in [-0.39, 0.29) is 11.8 Å². The molecule has 1 aliphatic heterocycles. The molecule has 2 amide bonds. The van der Waals surface area contributed by atoms with Gasteiger partial charge >= 0.3 is 0 Å². The first-order valence-corrected chi connectivity index (χ1v) is 8.98. The van der Waals surface area contributed by atoms with Gasteiger partial charge in [0.1, 0.15) is 0 Å². The molecule has 1 saturated heterocycles. The number of rotatable bonds is 6. The van der Waals surface area contributed by atoms with Gasteiger partial charge in [0.25, 0.3) is 5.91 Å². The summed E-state index contributed by atoms with van der Waals surface area (Å²) in [5.74, 6) is 0.968. The molecule has 0 unspecified atom stereocenters. The van der Waals surface area contributed by atoms with E-state index in [1.165, 1.54) is 19.8 Å². The summed E-state index contributed by atoms with van der Waals surface area (Å²) in [6, 6.07) is 8.10. The van der Waals surface area contributed by atoms with E-state index in [4.69, 9.17) is 0 Å². The van der Waals surface area contributed by atoms with Crippen LogP contribution in [0.1, 0.15) is 48.5 Å². The van der Waals surface area contributed by atoms with Gasteiger partial charge in [0.15, 0.2) is 0 Å². The lowest BCUT2D eigenvalue weighted by atomic mass is 10.0. The zero-order chi connectivity index (χ0) is 16.9. The Labute approximate surface area is 143 Å². The van der Waals surface area contributed by atoms with Crippen molar-refractivity contribution in [3.05, 3.63) is 35.4 Å². The van der Waals surface area contributed by atoms with Crippen LogP contribution in [-0.4, -0.2) is 42.4 Å². The minimum absolute atomic E-state index is 0.0479. The summed E-state index contributed by atoms with van der Waals surface area (Å²) in [6.45, 7) is 4.81. The van der Waals surface area contributed by atoms with Crippen LogP contribution < -0.4 is 10.6 Å². The molecule has 130 valence electrons. The minimum atomic E-state index is -0.0479. The number of carbonyl (C=O) groups excluding carboxylic acids is 2. The fourth-order valence-electron chi connectivity index (χ4n) is 3.12. The van der Waals surface area contributed by atoms with Gasteiger partial charge in [-0.25, -0.2) is 0 Å². The molecule has 2 N–H and O–H groups in total. The summed E-state index contributed by atoms with van der Waals surface area (Å²) in [7, 11) is 0. The molecule has 1 aromatic rings. The zero-order valence-electron chi connectivity index (χ0n) is 14.4. The van der Waals surface area contributed by atoms with Crippen LogP contribution in [0.25, 0.3) is 0 Å². The minimum Gasteiger partial charge on any atom is -0.352 e. The van der Waals surface area contributed by atoms with Gasteiger partial charge in [-0.3, -0.25) is 9.59 Å². The van der Waals surface area contributed by atoms with Crippen LogP contribution in [0.2, 0.25) is 0 Å². The second-order valence-electron chi connectivity index (χ2n) is 7.02. The van der Waals surface area contributed by atoms with Gasteiger partial charge in [0, 0.05) is 38.2 Å². The molecule has 2 aliphatic rings. The third kappa shape index (κ3) is 4.81. The average Bonchev–Trinajstić information content (AvgIpc) is 3.43. The van der Waals surface area contributed by atoms with Crippen molar-refractivity contribution in [3.8, 4) is 0 Å². The molecule has 1 heterocycles. The van der Waals surface area contributed by atoms with Gasteiger partial charge in [0.05, 0.1) is 0 Å². The van der Waals surface area contributed by atoms with Crippen LogP contribution >= 0.6 is 0 Å². The third-order valence-corrected chi connectivity index (χ3v) is 4.92. The number of piperidine rings is 1. The van der Waals surface area contributed by atoms with Gasteiger partial charge in [-0.15, -0.1) is 0 Å². The topological polar surface area (TPSA) is 61.4 Å². The average molecular weight is 329 g/mol. The van der Waals surface area contributed by atoms with Crippen LogP contribution in [0.15, 0.2) is 24.3 Å². The van der Waals surface area contributed by atoms with Crippen molar-refractivity contribution < 1.29 is 9.59 Å². The molecule has 0 bridgehead atoms. The summed E-state index contributed by atoms with van der Waals surface area (Å²) in [4.78, 5) is 25.5. The van der Waals surface area contributed by atoms with E-state index < -0.39 is 0 Å². The molecule has 2 fully saturated rings. The normalized spacial score (nSPS) is 18.5. The molecule has 1 aliphatic carbocycles. The molecule has 3 rings (SSSR count). The summed E-state index contributed by atoms with van der Waals surface area (Å²) >= 11 is 0. The van der Waals surface area contributed by atoms with E-state index in [9.17, 15) is 9.59 Å². The maximum atomic E-state index is 12.6.